The van der Waals surface area contributed by atoms with Crippen molar-refractivity contribution < 1.29 is 37.3 Å². The van der Waals surface area contributed by atoms with E-state index in [4.69, 9.17) is 9.47 Å². The highest BCUT2D eigenvalue weighted by atomic mass is 19.4. The van der Waals surface area contributed by atoms with Gasteiger partial charge in [0.05, 0.1) is 24.7 Å². The number of rotatable bonds is 8. The summed E-state index contributed by atoms with van der Waals surface area (Å²) in [6, 6.07) is 12.5. The highest BCUT2D eigenvalue weighted by Crippen LogP contribution is 2.49. The number of hydrogen-bond donors (Lipinski definition) is 1. The number of nitrogens with zero attached hydrogens (tertiary/aromatic N) is 2. The van der Waals surface area contributed by atoms with Crippen molar-refractivity contribution in [3.63, 3.8) is 0 Å². The number of anilines is 1. The summed E-state index contributed by atoms with van der Waals surface area (Å²) in [5, 5.41) is 11.4. The van der Waals surface area contributed by atoms with Crippen molar-refractivity contribution >= 4 is 17.5 Å². The van der Waals surface area contributed by atoms with Crippen LogP contribution in [0.3, 0.4) is 0 Å². The van der Waals surface area contributed by atoms with Gasteiger partial charge in [-0.3, -0.25) is 9.59 Å². The Morgan fingerprint density at radius 2 is 1.57 bits per heavy atom. The van der Waals surface area contributed by atoms with Crippen LogP contribution in [0.5, 0.6) is 5.75 Å². The van der Waals surface area contributed by atoms with Crippen LogP contribution in [0.25, 0.3) is 0 Å². The normalized spacial score (nSPS) is 26.7. The molecule has 5 rings (SSSR count). The molecule has 3 fully saturated rings. The van der Waals surface area contributed by atoms with Crippen molar-refractivity contribution in [1.82, 2.24) is 4.90 Å². The van der Waals surface area contributed by atoms with Crippen molar-refractivity contribution in [2.24, 2.45) is 5.41 Å². The number of likely N-dealkylation sites (tertiary alicyclic amines) is 1. The first-order chi connectivity index (χ1) is 19.8. The molecular weight excluding hydrogens is 549 g/mol. The van der Waals surface area contributed by atoms with Gasteiger partial charge >= 0.3 is 6.18 Å². The van der Waals surface area contributed by atoms with Crippen LogP contribution < -0.4 is 9.64 Å². The Labute approximate surface area is 244 Å². The lowest BCUT2D eigenvalue weighted by molar-refractivity contribution is -0.227. The number of benzene rings is 2. The summed E-state index contributed by atoms with van der Waals surface area (Å²) in [6.45, 7) is 4.54. The third-order valence-electron chi connectivity index (χ3n) is 9.47. The largest absolute Gasteiger partial charge is 0.497 e. The molecule has 2 aromatic rings. The van der Waals surface area contributed by atoms with Crippen LogP contribution in [-0.2, 0) is 20.9 Å². The SMILES string of the molecule is COc1ccc(CO[C@H](c2ccc(N3CC[C@]4(CC[C@](O)(CN5C(=O)CCC5(C)C)CC4)C3=O)cc2)C(F)(F)F)cc1. The van der Waals surface area contributed by atoms with E-state index < -0.39 is 23.3 Å². The average molecular weight is 589 g/mol. The number of carbonyl (C=O) groups is 2. The molecular formula is C32H39F3N2O5. The minimum atomic E-state index is -4.62. The molecule has 1 atom stereocenters. The van der Waals surface area contributed by atoms with Gasteiger partial charge in [0.15, 0.2) is 6.10 Å². The maximum Gasteiger partial charge on any atom is 0.418 e. The fraction of sp³-hybridized carbons (Fsp3) is 0.562. The molecule has 2 aromatic carbocycles. The van der Waals surface area contributed by atoms with E-state index in [1.54, 1.807) is 46.2 Å². The summed E-state index contributed by atoms with van der Waals surface area (Å²) >= 11 is 0. The minimum Gasteiger partial charge on any atom is -0.497 e. The first-order valence-corrected chi connectivity index (χ1v) is 14.5. The molecule has 10 heteroatoms. The number of ether oxygens (including phenoxy) is 2. The molecule has 2 amide bonds. The van der Waals surface area contributed by atoms with E-state index in [0.29, 0.717) is 62.1 Å². The van der Waals surface area contributed by atoms with Crippen LogP contribution in [0.1, 0.15) is 76.0 Å². The quantitative estimate of drug-likeness (QED) is 0.413. The van der Waals surface area contributed by atoms with Gasteiger partial charge in [-0.15, -0.1) is 0 Å². The molecule has 2 saturated heterocycles. The predicted octanol–water partition coefficient (Wildman–Crippen LogP) is 5.94. The summed E-state index contributed by atoms with van der Waals surface area (Å²) in [6.07, 6.45) is -3.01. The third-order valence-corrected chi connectivity index (χ3v) is 9.47. The van der Waals surface area contributed by atoms with E-state index in [2.05, 4.69) is 0 Å². The number of aliphatic hydroxyl groups is 1. The topological polar surface area (TPSA) is 79.3 Å². The number of amides is 2. The first-order valence-electron chi connectivity index (χ1n) is 14.5. The molecule has 228 valence electrons. The molecule has 0 aromatic heterocycles. The number of methoxy groups -OCH3 is 1. The second kappa shape index (κ2) is 11.2. The standard InChI is InChI=1S/C32H39F3N2O5/c1-29(2)13-12-26(38)37(29)21-31(40)16-14-30(15-17-31)18-19-36(28(30)39)24-8-6-23(7-9-24)27(32(33,34)35)42-20-22-4-10-25(41-3)11-5-22/h4-11,27,40H,12-21H2,1-3H3/t27-,30-,31-/m1/s1. The fourth-order valence-electron chi connectivity index (χ4n) is 6.61. The van der Waals surface area contributed by atoms with Gasteiger partial charge in [-0.2, -0.15) is 13.2 Å². The van der Waals surface area contributed by atoms with Crippen molar-refractivity contribution in [2.45, 2.75) is 88.8 Å². The number of alkyl halides is 3. The lowest BCUT2D eigenvalue weighted by Crippen LogP contribution is -2.53. The number of carbonyl (C=O) groups excluding carboxylic acids is 2. The fourth-order valence-corrected chi connectivity index (χ4v) is 6.61. The van der Waals surface area contributed by atoms with Gasteiger partial charge in [0, 0.05) is 30.7 Å². The zero-order chi connectivity index (χ0) is 30.3. The third kappa shape index (κ3) is 6.01. The minimum absolute atomic E-state index is 0.0387. The zero-order valence-corrected chi connectivity index (χ0v) is 24.4. The Hall–Kier alpha value is -3.11. The molecule has 0 radical (unpaired) electrons. The Kier molecular flexibility index (Phi) is 8.08. The second-order valence-electron chi connectivity index (χ2n) is 12.7. The van der Waals surface area contributed by atoms with E-state index in [1.807, 2.05) is 13.8 Å². The van der Waals surface area contributed by atoms with Gasteiger partial charge in [-0.05, 0) is 87.8 Å². The summed E-state index contributed by atoms with van der Waals surface area (Å²) < 4.78 is 52.2. The van der Waals surface area contributed by atoms with Crippen molar-refractivity contribution in [1.29, 1.82) is 0 Å². The highest BCUT2D eigenvalue weighted by molar-refractivity contribution is 6.00. The van der Waals surface area contributed by atoms with Crippen LogP contribution >= 0.6 is 0 Å². The number of β-amino-alcohol motifs (C(OH)–C–C–N with tert-alkyl or cyclic N) is 1. The Morgan fingerprint density at radius 1 is 0.929 bits per heavy atom. The van der Waals surface area contributed by atoms with Crippen LogP contribution in [0.2, 0.25) is 0 Å². The molecule has 1 N–H and O–H groups in total. The maximum absolute atomic E-state index is 13.9. The molecule has 0 unspecified atom stereocenters. The number of hydrogen-bond acceptors (Lipinski definition) is 5. The van der Waals surface area contributed by atoms with Gasteiger partial charge in [-0.1, -0.05) is 24.3 Å². The molecule has 2 aliphatic heterocycles. The van der Waals surface area contributed by atoms with Crippen LogP contribution in [0, 0.1) is 5.41 Å². The molecule has 42 heavy (non-hydrogen) atoms. The van der Waals surface area contributed by atoms with Crippen LogP contribution in [-0.4, -0.2) is 59.3 Å². The summed E-state index contributed by atoms with van der Waals surface area (Å²) in [5.41, 5.74) is -0.836. The summed E-state index contributed by atoms with van der Waals surface area (Å²) in [4.78, 5) is 29.5. The van der Waals surface area contributed by atoms with Crippen LogP contribution in [0.15, 0.2) is 48.5 Å². The monoisotopic (exact) mass is 588 g/mol. The molecule has 7 nitrogen and oxygen atoms in total. The Morgan fingerprint density at radius 3 is 2.12 bits per heavy atom. The summed E-state index contributed by atoms with van der Waals surface area (Å²) in [7, 11) is 1.51. The predicted molar refractivity (Wildman–Crippen MR) is 151 cm³/mol. The van der Waals surface area contributed by atoms with E-state index in [-0.39, 0.29) is 36.1 Å². The zero-order valence-electron chi connectivity index (χ0n) is 24.4. The maximum atomic E-state index is 13.9. The highest BCUT2D eigenvalue weighted by Gasteiger charge is 2.53. The molecule has 3 aliphatic rings. The van der Waals surface area contributed by atoms with E-state index in [9.17, 15) is 27.9 Å². The molecule has 1 saturated carbocycles. The van der Waals surface area contributed by atoms with Crippen LogP contribution in [0.4, 0.5) is 18.9 Å². The van der Waals surface area contributed by atoms with Crippen molar-refractivity contribution in [3.05, 3.63) is 59.7 Å². The van der Waals surface area contributed by atoms with Gasteiger partial charge < -0.3 is 24.4 Å². The van der Waals surface area contributed by atoms with E-state index in [0.717, 1.165) is 6.42 Å². The van der Waals surface area contributed by atoms with Gasteiger partial charge in [0.25, 0.3) is 0 Å². The lowest BCUT2D eigenvalue weighted by Gasteiger charge is -2.44. The summed E-state index contributed by atoms with van der Waals surface area (Å²) in [5.74, 6) is 0.601. The lowest BCUT2D eigenvalue weighted by atomic mass is 9.67. The molecule has 1 spiro atoms. The molecule has 0 bridgehead atoms. The Balaban J connectivity index is 1.22. The first kappa shape index (κ1) is 30.4. The average Bonchev–Trinajstić information content (AvgIpc) is 3.40. The van der Waals surface area contributed by atoms with Gasteiger partial charge in [-0.25, -0.2) is 0 Å². The van der Waals surface area contributed by atoms with Crippen molar-refractivity contribution in [2.75, 3.05) is 25.1 Å². The Bertz CT molecular complexity index is 1280. The smallest absolute Gasteiger partial charge is 0.418 e. The second-order valence-corrected chi connectivity index (χ2v) is 12.7. The molecule has 2 heterocycles. The number of halogens is 3. The van der Waals surface area contributed by atoms with Crippen molar-refractivity contribution in [3.8, 4) is 5.75 Å². The van der Waals surface area contributed by atoms with E-state index >= 15 is 0 Å². The molecule has 1 aliphatic carbocycles. The van der Waals surface area contributed by atoms with Gasteiger partial charge in [0.2, 0.25) is 11.8 Å². The van der Waals surface area contributed by atoms with E-state index in [1.165, 1.54) is 19.2 Å². The van der Waals surface area contributed by atoms with Gasteiger partial charge in [0.1, 0.15) is 5.75 Å².